The average Bonchev–Trinajstić information content (AvgIpc) is 2.97. The zero-order chi connectivity index (χ0) is 11.3. The van der Waals surface area contributed by atoms with Crippen LogP contribution in [-0.4, -0.2) is 37.1 Å². The monoisotopic (exact) mass is 212 g/mol. The molecule has 0 unspecified atom stereocenters. The summed E-state index contributed by atoms with van der Waals surface area (Å²) >= 11 is 0. The van der Waals surface area contributed by atoms with Gasteiger partial charge in [0.1, 0.15) is 0 Å². The van der Waals surface area contributed by atoms with Crippen LogP contribution in [0.3, 0.4) is 0 Å². The minimum atomic E-state index is 0.410. The Balaban J connectivity index is 2.23. The van der Waals surface area contributed by atoms with Gasteiger partial charge >= 0.3 is 0 Å². The summed E-state index contributed by atoms with van der Waals surface area (Å²) in [4.78, 5) is 2.56. The maximum atomic E-state index is 3.64. The molecule has 0 aromatic carbocycles. The van der Waals surface area contributed by atoms with Crippen molar-refractivity contribution in [2.45, 2.75) is 53.0 Å². The van der Waals surface area contributed by atoms with Crippen LogP contribution < -0.4 is 5.32 Å². The van der Waals surface area contributed by atoms with Crippen LogP contribution >= 0.6 is 0 Å². The van der Waals surface area contributed by atoms with Crippen molar-refractivity contribution in [1.29, 1.82) is 0 Å². The fraction of sp³-hybridized carbons (Fsp3) is 1.00. The van der Waals surface area contributed by atoms with Gasteiger partial charge in [0.25, 0.3) is 0 Å². The molecule has 2 nitrogen and oxygen atoms in total. The predicted molar refractivity (Wildman–Crippen MR) is 67.2 cm³/mol. The molecule has 1 aliphatic rings. The van der Waals surface area contributed by atoms with E-state index < -0.39 is 0 Å². The van der Waals surface area contributed by atoms with Crippen LogP contribution in [0.25, 0.3) is 0 Å². The van der Waals surface area contributed by atoms with Crippen molar-refractivity contribution in [3.63, 3.8) is 0 Å². The van der Waals surface area contributed by atoms with Crippen LogP contribution in [0.1, 0.15) is 47.0 Å². The average molecular weight is 212 g/mol. The normalized spacial score (nSPS) is 17.4. The molecular weight excluding hydrogens is 184 g/mol. The molecule has 1 saturated carbocycles. The lowest BCUT2D eigenvalue weighted by molar-refractivity contribution is 0.180. The Morgan fingerprint density at radius 1 is 1.27 bits per heavy atom. The van der Waals surface area contributed by atoms with E-state index in [0.717, 1.165) is 12.6 Å². The van der Waals surface area contributed by atoms with Gasteiger partial charge in [0.05, 0.1) is 0 Å². The summed E-state index contributed by atoms with van der Waals surface area (Å²) in [7, 11) is 0. The second-order valence-electron chi connectivity index (χ2n) is 5.69. The summed E-state index contributed by atoms with van der Waals surface area (Å²) in [5.41, 5.74) is 0.410. The minimum Gasteiger partial charge on any atom is -0.313 e. The first-order valence-corrected chi connectivity index (χ1v) is 6.53. The van der Waals surface area contributed by atoms with E-state index in [1.54, 1.807) is 0 Å². The lowest BCUT2D eigenvalue weighted by atomic mass is 9.92. The van der Waals surface area contributed by atoms with E-state index in [1.807, 2.05) is 0 Å². The molecule has 0 aliphatic heterocycles. The molecule has 0 aromatic rings. The highest BCUT2D eigenvalue weighted by Crippen LogP contribution is 2.22. The fourth-order valence-electron chi connectivity index (χ4n) is 2.03. The third-order valence-corrected chi connectivity index (χ3v) is 3.09. The Labute approximate surface area is 95.4 Å². The second kappa shape index (κ2) is 5.86. The van der Waals surface area contributed by atoms with E-state index >= 15 is 0 Å². The zero-order valence-electron chi connectivity index (χ0n) is 11.0. The maximum Gasteiger partial charge on any atom is 0.00684 e. The molecule has 0 saturated heterocycles. The van der Waals surface area contributed by atoms with Crippen LogP contribution in [0.15, 0.2) is 0 Å². The van der Waals surface area contributed by atoms with E-state index in [4.69, 9.17) is 0 Å². The topological polar surface area (TPSA) is 15.3 Å². The Kier molecular flexibility index (Phi) is 5.07. The van der Waals surface area contributed by atoms with Crippen LogP contribution in [0.4, 0.5) is 0 Å². The molecule has 0 radical (unpaired) electrons. The molecule has 1 rings (SSSR count). The van der Waals surface area contributed by atoms with Crippen LogP contribution in [-0.2, 0) is 0 Å². The van der Waals surface area contributed by atoms with E-state index in [2.05, 4.69) is 37.9 Å². The van der Waals surface area contributed by atoms with Crippen molar-refractivity contribution >= 4 is 0 Å². The summed E-state index contributed by atoms with van der Waals surface area (Å²) in [6.45, 7) is 14.1. The van der Waals surface area contributed by atoms with Gasteiger partial charge in [-0.2, -0.15) is 0 Å². The minimum absolute atomic E-state index is 0.410. The molecule has 0 amide bonds. The summed E-state index contributed by atoms with van der Waals surface area (Å²) in [6.07, 6.45) is 4.05. The maximum absolute atomic E-state index is 3.64. The Morgan fingerprint density at radius 2 is 1.93 bits per heavy atom. The van der Waals surface area contributed by atoms with Crippen LogP contribution in [0, 0.1) is 5.41 Å². The van der Waals surface area contributed by atoms with Crippen molar-refractivity contribution in [2.75, 3.05) is 26.2 Å². The summed E-state index contributed by atoms with van der Waals surface area (Å²) < 4.78 is 0. The molecule has 0 bridgehead atoms. The fourth-order valence-corrected chi connectivity index (χ4v) is 2.03. The first-order chi connectivity index (χ1) is 7.07. The Morgan fingerprint density at radius 3 is 2.40 bits per heavy atom. The van der Waals surface area contributed by atoms with Gasteiger partial charge in [0.15, 0.2) is 0 Å². The number of hydrogen-bond donors (Lipinski definition) is 1. The Hall–Kier alpha value is -0.0800. The van der Waals surface area contributed by atoms with Gasteiger partial charge in [0.2, 0.25) is 0 Å². The highest BCUT2D eigenvalue weighted by atomic mass is 15.1. The van der Waals surface area contributed by atoms with Gasteiger partial charge in [-0.05, 0) is 37.8 Å². The number of rotatable bonds is 8. The van der Waals surface area contributed by atoms with Crippen molar-refractivity contribution < 1.29 is 0 Å². The van der Waals surface area contributed by atoms with Gasteiger partial charge in [-0.1, -0.05) is 27.7 Å². The predicted octanol–water partition coefficient (Wildman–Crippen LogP) is 2.50. The lowest BCUT2D eigenvalue weighted by Gasteiger charge is -2.32. The van der Waals surface area contributed by atoms with E-state index in [0.29, 0.717) is 5.41 Å². The molecule has 90 valence electrons. The standard InChI is InChI=1S/C13H28N2/c1-5-9-15(6-2)11-13(3,4)10-14-12-7-8-12/h12,14H,5-11H2,1-4H3. The van der Waals surface area contributed by atoms with Gasteiger partial charge in [-0.25, -0.2) is 0 Å². The van der Waals surface area contributed by atoms with Gasteiger partial charge in [-0.3, -0.25) is 0 Å². The van der Waals surface area contributed by atoms with Gasteiger partial charge in [0, 0.05) is 19.1 Å². The van der Waals surface area contributed by atoms with Crippen molar-refractivity contribution in [3.05, 3.63) is 0 Å². The SMILES string of the molecule is CCCN(CC)CC(C)(C)CNC1CC1. The summed E-state index contributed by atoms with van der Waals surface area (Å²) in [5, 5.41) is 3.64. The van der Waals surface area contributed by atoms with Crippen molar-refractivity contribution in [1.82, 2.24) is 10.2 Å². The molecule has 1 N–H and O–H groups in total. The highest BCUT2D eigenvalue weighted by molar-refractivity contribution is 4.85. The van der Waals surface area contributed by atoms with Crippen molar-refractivity contribution in [3.8, 4) is 0 Å². The molecular formula is C13H28N2. The zero-order valence-corrected chi connectivity index (χ0v) is 11.0. The first-order valence-electron chi connectivity index (χ1n) is 6.53. The molecule has 0 aromatic heterocycles. The molecule has 0 spiro atoms. The van der Waals surface area contributed by atoms with Crippen LogP contribution in [0.5, 0.6) is 0 Å². The number of nitrogens with zero attached hydrogens (tertiary/aromatic N) is 1. The van der Waals surface area contributed by atoms with E-state index in [9.17, 15) is 0 Å². The molecule has 1 aliphatic carbocycles. The summed E-state index contributed by atoms with van der Waals surface area (Å²) in [5.74, 6) is 0. The first kappa shape index (κ1) is 13.0. The Bertz CT molecular complexity index is 173. The molecule has 2 heteroatoms. The molecule has 15 heavy (non-hydrogen) atoms. The van der Waals surface area contributed by atoms with Gasteiger partial charge < -0.3 is 10.2 Å². The quantitative estimate of drug-likeness (QED) is 0.665. The smallest absolute Gasteiger partial charge is 0.00684 e. The lowest BCUT2D eigenvalue weighted by Crippen LogP contribution is -2.41. The number of nitrogens with one attached hydrogen (secondary N) is 1. The third-order valence-electron chi connectivity index (χ3n) is 3.09. The second-order valence-corrected chi connectivity index (χ2v) is 5.69. The molecule has 1 fully saturated rings. The molecule has 0 heterocycles. The van der Waals surface area contributed by atoms with Gasteiger partial charge in [-0.15, -0.1) is 0 Å². The number of hydrogen-bond acceptors (Lipinski definition) is 2. The van der Waals surface area contributed by atoms with Crippen molar-refractivity contribution in [2.24, 2.45) is 5.41 Å². The summed E-state index contributed by atoms with van der Waals surface area (Å²) in [6, 6.07) is 0.838. The van der Waals surface area contributed by atoms with Crippen LogP contribution in [0.2, 0.25) is 0 Å². The molecule has 0 atom stereocenters. The van der Waals surface area contributed by atoms with E-state index in [-0.39, 0.29) is 0 Å². The van der Waals surface area contributed by atoms with E-state index in [1.165, 1.54) is 38.9 Å². The highest BCUT2D eigenvalue weighted by Gasteiger charge is 2.26. The largest absolute Gasteiger partial charge is 0.313 e. The third kappa shape index (κ3) is 5.53.